The zero-order chi connectivity index (χ0) is 13.4. The summed E-state index contributed by atoms with van der Waals surface area (Å²) in [5.41, 5.74) is 2.24. The third-order valence-electron chi connectivity index (χ3n) is 3.46. The Morgan fingerprint density at radius 2 is 2.00 bits per heavy atom. The highest BCUT2D eigenvalue weighted by Crippen LogP contribution is 2.56. The van der Waals surface area contributed by atoms with Crippen LogP contribution in [0.5, 0.6) is 5.75 Å². The third kappa shape index (κ3) is 2.53. The highest BCUT2D eigenvalue weighted by Gasteiger charge is 2.41. The summed E-state index contributed by atoms with van der Waals surface area (Å²) in [6, 6.07) is 9.93. The maximum Gasteiger partial charge on any atom is 0.155 e. The molecule has 1 aromatic heterocycles. The molecule has 2 atom stereocenters. The van der Waals surface area contributed by atoms with Crippen LogP contribution >= 0.6 is 23.2 Å². The van der Waals surface area contributed by atoms with E-state index in [1.54, 1.807) is 7.11 Å². The van der Waals surface area contributed by atoms with Gasteiger partial charge in [-0.2, -0.15) is 0 Å². The molecule has 0 spiro atoms. The molecule has 1 fully saturated rings. The van der Waals surface area contributed by atoms with Gasteiger partial charge in [-0.1, -0.05) is 35.3 Å². The van der Waals surface area contributed by atoms with E-state index >= 15 is 0 Å². The van der Waals surface area contributed by atoms with E-state index < -0.39 is 0 Å². The summed E-state index contributed by atoms with van der Waals surface area (Å²) in [5, 5.41) is 8.43. The van der Waals surface area contributed by atoms with E-state index in [1.807, 2.05) is 18.2 Å². The monoisotopic (exact) mass is 294 g/mol. The summed E-state index contributed by atoms with van der Waals surface area (Å²) in [5.74, 6) is 1.70. The molecule has 3 rings (SSSR count). The van der Waals surface area contributed by atoms with Gasteiger partial charge in [0.05, 0.1) is 7.11 Å². The third-order valence-corrected chi connectivity index (χ3v) is 3.94. The number of rotatable bonds is 3. The van der Waals surface area contributed by atoms with Crippen LogP contribution in [-0.2, 0) is 0 Å². The van der Waals surface area contributed by atoms with E-state index in [0.717, 1.165) is 17.7 Å². The molecule has 1 aliphatic carbocycles. The number of ether oxygens (including phenoxy) is 1. The SMILES string of the molecule is COc1cccc(C2CC2c2cc(Cl)nnc2Cl)c1. The summed E-state index contributed by atoms with van der Waals surface area (Å²) in [6.45, 7) is 0. The molecule has 0 bridgehead atoms. The average molecular weight is 295 g/mol. The highest BCUT2D eigenvalue weighted by atomic mass is 35.5. The lowest BCUT2D eigenvalue weighted by Gasteiger charge is -2.05. The lowest BCUT2D eigenvalue weighted by molar-refractivity contribution is 0.414. The molecule has 0 amide bonds. The number of hydrogen-bond donors (Lipinski definition) is 0. The first-order valence-electron chi connectivity index (χ1n) is 6.01. The Balaban J connectivity index is 1.85. The van der Waals surface area contributed by atoms with Crippen LogP contribution in [0.3, 0.4) is 0 Å². The fraction of sp³-hybridized carbons (Fsp3) is 0.286. The van der Waals surface area contributed by atoms with Gasteiger partial charge in [0.2, 0.25) is 0 Å². The van der Waals surface area contributed by atoms with Crippen LogP contribution < -0.4 is 4.74 Å². The molecule has 2 unspecified atom stereocenters. The normalized spacial score (nSPS) is 21.2. The van der Waals surface area contributed by atoms with Crippen LogP contribution in [0.25, 0.3) is 0 Å². The van der Waals surface area contributed by atoms with Crippen molar-refractivity contribution in [3.8, 4) is 5.75 Å². The summed E-state index contributed by atoms with van der Waals surface area (Å²) in [6.07, 6.45) is 1.05. The molecule has 2 aromatic rings. The van der Waals surface area contributed by atoms with E-state index in [0.29, 0.717) is 22.1 Å². The quantitative estimate of drug-likeness (QED) is 0.856. The summed E-state index contributed by atoms with van der Waals surface area (Å²) >= 11 is 12.0. The zero-order valence-electron chi connectivity index (χ0n) is 10.3. The minimum atomic E-state index is 0.368. The van der Waals surface area contributed by atoms with Crippen LogP contribution in [0, 0.1) is 0 Å². The largest absolute Gasteiger partial charge is 0.497 e. The molecule has 0 saturated heterocycles. The number of hydrogen-bond acceptors (Lipinski definition) is 3. The van der Waals surface area contributed by atoms with Crippen molar-refractivity contribution in [2.24, 2.45) is 0 Å². The fourth-order valence-corrected chi connectivity index (χ4v) is 2.79. The molecule has 98 valence electrons. The van der Waals surface area contributed by atoms with Crippen LogP contribution in [0.2, 0.25) is 10.3 Å². The van der Waals surface area contributed by atoms with Gasteiger partial charge >= 0.3 is 0 Å². The van der Waals surface area contributed by atoms with Gasteiger partial charge in [0.1, 0.15) is 5.75 Å². The summed E-state index contributed by atoms with van der Waals surface area (Å²) in [4.78, 5) is 0. The Morgan fingerprint density at radius 1 is 1.16 bits per heavy atom. The summed E-state index contributed by atoms with van der Waals surface area (Å²) < 4.78 is 5.25. The van der Waals surface area contributed by atoms with E-state index in [1.165, 1.54) is 5.56 Å². The van der Waals surface area contributed by atoms with Gasteiger partial charge in [-0.3, -0.25) is 0 Å². The van der Waals surface area contributed by atoms with Crippen molar-refractivity contribution in [2.45, 2.75) is 18.3 Å². The van der Waals surface area contributed by atoms with Crippen LogP contribution in [-0.4, -0.2) is 17.3 Å². The minimum absolute atomic E-state index is 0.368. The Morgan fingerprint density at radius 3 is 2.79 bits per heavy atom. The van der Waals surface area contributed by atoms with Gasteiger partial charge in [0, 0.05) is 0 Å². The molecule has 1 aliphatic rings. The lowest BCUT2D eigenvalue weighted by atomic mass is 10.1. The zero-order valence-corrected chi connectivity index (χ0v) is 11.8. The van der Waals surface area contributed by atoms with E-state index in [9.17, 15) is 0 Å². The maximum absolute atomic E-state index is 6.09. The van der Waals surface area contributed by atoms with E-state index in [2.05, 4.69) is 22.3 Å². The molecule has 0 radical (unpaired) electrons. The standard InChI is InChI=1S/C14H12Cl2N2O/c1-19-9-4-2-3-8(5-9)10-6-11(10)12-7-13(15)17-18-14(12)16/h2-5,7,10-11H,6H2,1H3. The average Bonchev–Trinajstić information content (AvgIpc) is 3.22. The number of aromatic nitrogens is 2. The van der Waals surface area contributed by atoms with Gasteiger partial charge in [-0.05, 0) is 47.6 Å². The van der Waals surface area contributed by atoms with Crippen LogP contribution in [0.1, 0.15) is 29.4 Å². The predicted octanol–water partition coefficient (Wildman–Crippen LogP) is 4.06. The highest BCUT2D eigenvalue weighted by molar-refractivity contribution is 6.31. The van der Waals surface area contributed by atoms with Gasteiger partial charge in [-0.25, -0.2) is 0 Å². The Hall–Kier alpha value is -1.32. The minimum Gasteiger partial charge on any atom is -0.497 e. The maximum atomic E-state index is 6.09. The predicted molar refractivity (Wildman–Crippen MR) is 75.1 cm³/mol. The Labute approximate surface area is 121 Å². The molecule has 5 heteroatoms. The fourth-order valence-electron chi connectivity index (χ4n) is 2.41. The summed E-state index contributed by atoms with van der Waals surface area (Å²) in [7, 11) is 1.67. The molecular formula is C14H12Cl2N2O. The Kier molecular flexibility index (Phi) is 3.33. The van der Waals surface area contributed by atoms with Crippen molar-refractivity contribution in [1.82, 2.24) is 10.2 Å². The molecule has 1 heterocycles. The molecule has 0 aliphatic heterocycles. The molecule has 0 N–H and O–H groups in total. The lowest BCUT2D eigenvalue weighted by Crippen LogP contribution is -1.92. The molecule has 1 saturated carbocycles. The number of halogens is 2. The first-order valence-corrected chi connectivity index (χ1v) is 6.77. The van der Waals surface area contributed by atoms with Gasteiger partial charge in [-0.15, -0.1) is 10.2 Å². The van der Waals surface area contributed by atoms with Gasteiger partial charge < -0.3 is 4.74 Å². The number of benzene rings is 1. The van der Waals surface area contributed by atoms with Crippen LogP contribution in [0.4, 0.5) is 0 Å². The van der Waals surface area contributed by atoms with Crippen molar-refractivity contribution in [3.05, 3.63) is 51.8 Å². The van der Waals surface area contributed by atoms with Gasteiger partial charge in [0.25, 0.3) is 0 Å². The van der Waals surface area contributed by atoms with Crippen molar-refractivity contribution >= 4 is 23.2 Å². The van der Waals surface area contributed by atoms with Gasteiger partial charge in [0.15, 0.2) is 10.3 Å². The number of nitrogens with zero attached hydrogens (tertiary/aromatic N) is 2. The first-order chi connectivity index (χ1) is 9.19. The van der Waals surface area contributed by atoms with Crippen molar-refractivity contribution in [3.63, 3.8) is 0 Å². The van der Waals surface area contributed by atoms with Crippen LogP contribution in [0.15, 0.2) is 30.3 Å². The van der Waals surface area contributed by atoms with Crippen molar-refractivity contribution in [1.29, 1.82) is 0 Å². The van der Waals surface area contributed by atoms with Crippen molar-refractivity contribution in [2.75, 3.05) is 7.11 Å². The van der Waals surface area contributed by atoms with E-state index in [-0.39, 0.29) is 0 Å². The second-order valence-corrected chi connectivity index (χ2v) is 5.38. The smallest absolute Gasteiger partial charge is 0.155 e. The number of methoxy groups -OCH3 is 1. The second-order valence-electron chi connectivity index (χ2n) is 4.64. The van der Waals surface area contributed by atoms with Crippen molar-refractivity contribution < 1.29 is 4.74 Å². The second kappa shape index (κ2) is 4.99. The first kappa shape index (κ1) is 12.7. The Bertz CT molecular complexity index is 618. The van der Waals surface area contributed by atoms with E-state index in [4.69, 9.17) is 27.9 Å². The molecule has 1 aromatic carbocycles. The molecular weight excluding hydrogens is 283 g/mol. The molecule has 19 heavy (non-hydrogen) atoms. The topological polar surface area (TPSA) is 35.0 Å². The molecule has 3 nitrogen and oxygen atoms in total.